The first-order chi connectivity index (χ1) is 11.5. The van der Waals surface area contributed by atoms with Crippen LogP contribution in [0.1, 0.15) is 25.8 Å². The molecule has 0 spiro atoms. The van der Waals surface area contributed by atoms with E-state index in [1.807, 2.05) is 42.5 Å². The monoisotopic (exact) mass is 327 g/mol. The number of nitrogens with one attached hydrogen (secondary N) is 1. The van der Waals surface area contributed by atoms with Crippen molar-refractivity contribution in [3.05, 3.63) is 60.2 Å². The number of rotatable bonds is 8. The molecule has 0 saturated heterocycles. The van der Waals surface area contributed by atoms with Gasteiger partial charge in [-0.2, -0.15) is 0 Å². The number of methoxy groups -OCH3 is 1. The fourth-order valence-electron chi connectivity index (χ4n) is 2.49. The molecule has 24 heavy (non-hydrogen) atoms. The smallest absolute Gasteiger partial charge is 0.220 e. The maximum absolute atomic E-state index is 12.1. The maximum Gasteiger partial charge on any atom is 0.220 e. The number of amides is 1. The van der Waals surface area contributed by atoms with Crippen LogP contribution in [0.3, 0.4) is 0 Å². The Balaban J connectivity index is 1.73. The van der Waals surface area contributed by atoms with E-state index in [-0.39, 0.29) is 11.3 Å². The minimum absolute atomic E-state index is 0.0298. The summed E-state index contributed by atoms with van der Waals surface area (Å²) in [5.41, 5.74) is 0.969. The average molecular weight is 327 g/mol. The van der Waals surface area contributed by atoms with Crippen molar-refractivity contribution in [1.82, 2.24) is 5.32 Å². The van der Waals surface area contributed by atoms with Crippen LogP contribution in [0.25, 0.3) is 0 Å². The van der Waals surface area contributed by atoms with E-state index in [4.69, 9.17) is 9.47 Å². The zero-order valence-corrected chi connectivity index (χ0v) is 14.5. The fraction of sp³-hybridized carbons (Fsp3) is 0.350. The Morgan fingerprint density at radius 2 is 1.62 bits per heavy atom. The van der Waals surface area contributed by atoms with Crippen LogP contribution in [0.15, 0.2) is 54.6 Å². The Morgan fingerprint density at radius 3 is 2.25 bits per heavy atom. The van der Waals surface area contributed by atoms with E-state index in [2.05, 4.69) is 31.3 Å². The van der Waals surface area contributed by atoms with Gasteiger partial charge in [0.2, 0.25) is 5.91 Å². The van der Waals surface area contributed by atoms with Crippen molar-refractivity contribution in [3.63, 3.8) is 0 Å². The zero-order chi connectivity index (χ0) is 17.4. The van der Waals surface area contributed by atoms with Gasteiger partial charge in [0.15, 0.2) is 0 Å². The third-order valence-electron chi connectivity index (χ3n) is 3.91. The van der Waals surface area contributed by atoms with Gasteiger partial charge in [-0.25, -0.2) is 0 Å². The Bertz CT molecular complexity index is 636. The predicted octanol–water partition coefficient (Wildman–Crippen LogP) is 3.56. The molecule has 0 saturated carbocycles. The topological polar surface area (TPSA) is 47.6 Å². The number of ether oxygens (including phenoxy) is 2. The van der Waals surface area contributed by atoms with Gasteiger partial charge in [-0.05, 0) is 35.2 Å². The van der Waals surface area contributed by atoms with Crippen molar-refractivity contribution in [3.8, 4) is 11.5 Å². The van der Waals surface area contributed by atoms with Crippen LogP contribution in [-0.4, -0.2) is 26.2 Å². The van der Waals surface area contributed by atoms with E-state index in [1.54, 1.807) is 7.11 Å². The highest BCUT2D eigenvalue weighted by Gasteiger charge is 2.23. The molecule has 0 aliphatic carbocycles. The minimum atomic E-state index is -0.192. The molecule has 0 aliphatic heterocycles. The second kappa shape index (κ2) is 8.39. The summed E-state index contributed by atoms with van der Waals surface area (Å²) < 4.78 is 10.7. The van der Waals surface area contributed by atoms with Crippen molar-refractivity contribution in [2.75, 3.05) is 20.3 Å². The van der Waals surface area contributed by atoms with Gasteiger partial charge in [0, 0.05) is 6.42 Å². The van der Waals surface area contributed by atoms with Crippen LogP contribution >= 0.6 is 0 Å². The van der Waals surface area contributed by atoms with Crippen molar-refractivity contribution >= 4 is 5.91 Å². The first-order valence-corrected chi connectivity index (χ1v) is 8.10. The van der Waals surface area contributed by atoms with Gasteiger partial charge in [0.1, 0.15) is 18.1 Å². The first kappa shape index (κ1) is 17.9. The second-order valence-electron chi connectivity index (χ2n) is 6.30. The minimum Gasteiger partial charge on any atom is -0.497 e. The van der Waals surface area contributed by atoms with Gasteiger partial charge in [-0.3, -0.25) is 4.79 Å². The number of hydrogen-bond donors (Lipinski definition) is 1. The summed E-state index contributed by atoms with van der Waals surface area (Å²) in [4.78, 5) is 12.1. The maximum atomic E-state index is 12.1. The number of hydrogen-bond acceptors (Lipinski definition) is 3. The molecule has 4 heteroatoms. The highest BCUT2D eigenvalue weighted by Crippen LogP contribution is 2.26. The molecule has 0 heterocycles. The largest absolute Gasteiger partial charge is 0.497 e. The third-order valence-corrected chi connectivity index (χ3v) is 3.91. The molecular weight excluding hydrogens is 302 g/mol. The summed E-state index contributed by atoms with van der Waals surface area (Å²) in [6.07, 6.45) is 0.444. The molecule has 0 unspecified atom stereocenters. The standard InChI is InChI=1S/C20H25NO3/c1-20(2,16-7-5-4-6-8-16)15-19(22)21-13-14-24-18-11-9-17(23-3)10-12-18/h4-12H,13-15H2,1-3H3,(H,21,22). The van der Waals surface area contributed by atoms with E-state index in [0.29, 0.717) is 19.6 Å². The molecular formula is C20H25NO3. The van der Waals surface area contributed by atoms with E-state index >= 15 is 0 Å². The van der Waals surface area contributed by atoms with Crippen LogP contribution in [-0.2, 0) is 10.2 Å². The van der Waals surface area contributed by atoms with Gasteiger partial charge in [0.05, 0.1) is 13.7 Å². The number of benzene rings is 2. The summed E-state index contributed by atoms with van der Waals surface area (Å²) in [5.74, 6) is 1.58. The van der Waals surface area contributed by atoms with Crippen LogP contribution in [0.5, 0.6) is 11.5 Å². The van der Waals surface area contributed by atoms with Crippen LogP contribution in [0.4, 0.5) is 0 Å². The Kier molecular flexibility index (Phi) is 6.24. The lowest BCUT2D eigenvalue weighted by molar-refractivity contribution is -0.122. The molecule has 0 fully saturated rings. The van der Waals surface area contributed by atoms with Crippen LogP contribution < -0.4 is 14.8 Å². The molecule has 0 atom stereocenters. The molecule has 128 valence electrons. The summed E-state index contributed by atoms with van der Waals surface area (Å²) in [6, 6.07) is 17.5. The molecule has 4 nitrogen and oxygen atoms in total. The highest BCUT2D eigenvalue weighted by atomic mass is 16.5. The van der Waals surface area contributed by atoms with E-state index in [0.717, 1.165) is 17.1 Å². The summed E-state index contributed by atoms with van der Waals surface area (Å²) in [7, 11) is 1.63. The van der Waals surface area contributed by atoms with Crippen molar-refractivity contribution < 1.29 is 14.3 Å². The second-order valence-corrected chi connectivity index (χ2v) is 6.30. The van der Waals surface area contributed by atoms with E-state index < -0.39 is 0 Å². The van der Waals surface area contributed by atoms with Crippen molar-refractivity contribution in [2.45, 2.75) is 25.7 Å². The van der Waals surface area contributed by atoms with Crippen molar-refractivity contribution in [1.29, 1.82) is 0 Å². The molecule has 2 aromatic rings. The quantitative estimate of drug-likeness (QED) is 0.754. The average Bonchev–Trinajstić information content (AvgIpc) is 2.59. The Labute approximate surface area is 143 Å². The zero-order valence-electron chi connectivity index (χ0n) is 14.5. The van der Waals surface area contributed by atoms with Gasteiger partial charge in [-0.15, -0.1) is 0 Å². The van der Waals surface area contributed by atoms with Gasteiger partial charge >= 0.3 is 0 Å². The lowest BCUT2D eigenvalue weighted by Gasteiger charge is -2.24. The molecule has 2 rings (SSSR count). The molecule has 0 aromatic heterocycles. The number of carbonyl (C=O) groups is 1. The lowest BCUT2D eigenvalue weighted by atomic mass is 9.81. The summed E-state index contributed by atoms with van der Waals surface area (Å²) in [6.45, 7) is 5.07. The number of carbonyl (C=O) groups excluding carboxylic acids is 1. The third kappa shape index (κ3) is 5.30. The normalized spacial score (nSPS) is 11.0. The van der Waals surface area contributed by atoms with E-state index in [9.17, 15) is 4.79 Å². The van der Waals surface area contributed by atoms with Crippen LogP contribution in [0.2, 0.25) is 0 Å². The molecule has 0 radical (unpaired) electrons. The Hall–Kier alpha value is -2.49. The molecule has 0 bridgehead atoms. The predicted molar refractivity (Wildman–Crippen MR) is 95.6 cm³/mol. The first-order valence-electron chi connectivity index (χ1n) is 8.10. The SMILES string of the molecule is COc1ccc(OCCNC(=O)CC(C)(C)c2ccccc2)cc1. The molecule has 2 aromatic carbocycles. The lowest BCUT2D eigenvalue weighted by Crippen LogP contribution is -2.33. The van der Waals surface area contributed by atoms with E-state index in [1.165, 1.54) is 0 Å². The van der Waals surface area contributed by atoms with Gasteiger partial charge < -0.3 is 14.8 Å². The Morgan fingerprint density at radius 1 is 1.00 bits per heavy atom. The fourth-order valence-corrected chi connectivity index (χ4v) is 2.49. The molecule has 1 N–H and O–H groups in total. The van der Waals surface area contributed by atoms with Gasteiger partial charge in [0.25, 0.3) is 0 Å². The summed E-state index contributed by atoms with van der Waals surface area (Å²) >= 11 is 0. The molecule has 0 aliphatic rings. The molecule has 1 amide bonds. The van der Waals surface area contributed by atoms with Crippen molar-refractivity contribution in [2.24, 2.45) is 0 Å². The summed E-state index contributed by atoms with van der Waals surface area (Å²) in [5, 5.41) is 2.91. The highest BCUT2D eigenvalue weighted by molar-refractivity contribution is 5.77. The van der Waals surface area contributed by atoms with Gasteiger partial charge in [-0.1, -0.05) is 44.2 Å². The van der Waals surface area contributed by atoms with Crippen LogP contribution in [0, 0.1) is 0 Å².